The van der Waals surface area contributed by atoms with E-state index < -0.39 is 0 Å². The largest absolute Gasteiger partial charge is 0.281 e. The molecule has 0 unspecified atom stereocenters. The second kappa shape index (κ2) is 5.98. The molecular formula is C17H25N5S. The van der Waals surface area contributed by atoms with Crippen LogP contribution in [0, 0.1) is 24.5 Å². The topological polar surface area (TPSA) is 38.4 Å². The summed E-state index contributed by atoms with van der Waals surface area (Å²) < 4.78 is 4.73. The summed E-state index contributed by atoms with van der Waals surface area (Å²) in [5.41, 5.74) is 2.10. The molecule has 0 bridgehead atoms. The van der Waals surface area contributed by atoms with E-state index in [0.29, 0.717) is 0 Å². The van der Waals surface area contributed by atoms with E-state index in [4.69, 9.17) is 12.2 Å². The maximum atomic E-state index is 5.67. The summed E-state index contributed by atoms with van der Waals surface area (Å²) >= 11 is 5.67. The second-order valence-electron chi connectivity index (χ2n) is 7.16. The summed E-state index contributed by atoms with van der Waals surface area (Å²) in [7, 11) is 0. The Bertz CT molecular complexity index is 775. The van der Waals surface area contributed by atoms with Crippen LogP contribution in [0.15, 0.2) is 6.07 Å². The zero-order valence-electron chi connectivity index (χ0n) is 14.0. The van der Waals surface area contributed by atoms with Gasteiger partial charge in [-0.3, -0.25) is 9.30 Å². The Balaban J connectivity index is 1.66. The molecule has 6 heteroatoms. The van der Waals surface area contributed by atoms with Gasteiger partial charge in [-0.15, -0.1) is 5.10 Å². The van der Waals surface area contributed by atoms with Gasteiger partial charge in [-0.25, -0.2) is 9.67 Å². The third-order valence-electron chi connectivity index (χ3n) is 5.54. The fourth-order valence-electron chi connectivity index (χ4n) is 4.50. The molecule has 0 radical (unpaired) electrons. The summed E-state index contributed by atoms with van der Waals surface area (Å²) in [6.07, 6.45) is 8.22. The Kier molecular flexibility index (Phi) is 3.97. The van der Waals surface area contributed by atoms with Crippen LogP contribution in [0.4, 0.5) is 0 Å². The number of nitrogens with zero attached hydrogens (tertiary/aromatic N) is 5. The highest BCUT2D eigenvalue weighted by molar-refractivity contribution is 7.71. The van der Waals surface area contributed by atoms with Crippen LogP contribution in [0.1, 0.15) is 49.9 Å². The third kappa shape index (κ3) is 2.72. The molecule has 1 saturated heterocycles. The van der Waals surface area contributed by atoms with Gasteiger partial charge in [-0.05, 0) is 63.7 Å². The number of fused-ring (bicyclic) bond motifs is 2. The predicted molar refractivity (Wildman–Crippen MR) is 93.0 cm³/mol. The molecule has 23 heavy (non-hydrogen) atoms. The van der Waals surface area contributed by atoms with Gasteiger partial charge >= 0.3 is 0 Å². The zero-order valence-corrected chi connectivity index (χ0v) is 14.8. The summed E-state index contributed by atoms with van der Waals surface area (Å²) in [6.45, 7) is 6.05. The number of piperidine rings is 1. The molecule has 1 aliphatic carbocycles. The van der Waals surface area contributed by atoms with Gasteiger partial charge in [-0.2, -0.15) is 0 Å². The Morgan fingerprint density at radius 3 is 2.83 bits per heavy atom. The van der Waals surface area contributed by atoms with E-state index in [1.54, 1.807) is 0 Å². The van der Waals surface area contributed by atoms with Crippen molar-refractivity contribution >= 4 is 18.0 Å². The van der Waals surface area contributed by atoms with Gasteiger partial charge in [0.05, 0.1) is 6.67 Å². The van der Waals surface area contributed by atoms with Crippen molar-refractivity contribution in [3.05, 3.63) is 22.2 Å². The standard InChI is InChI=1S/C17H25N5S/c1-12-10-13(2)22-16(18-12)19-21(17(22)23)11-20-9-5-7-14-6-3-4-8-15(14)20/h10,14-15H,3-9,11H2,1-2H3/t14-,15+/m1/s1. The molecule has 0 amide bonds. The van der Waals surface area contributed by atoms with Gasteiger partial charge in [0, 0.05) is 24.0 Å². The molecule has 0 spiro atoms. The SMILES string of the molecule is Cc1cc(C)n2c(=S)n(CN3CCC[C@H]4CCCC[C@@H]43)nc2n1. The smallest absolute Gasteiger partial charge is 0.254 e. The number of aromatic nitrogens is 4. The summed E-state index contributed by atoms with van der Waals surface area (Å²) in [5, 5.41) is 4.69. The van der Waals surface area contributed by atoms with Crippen LogP contribution in [0.25, 0.3) is 5.78 Å². The summed E-state index contributed by atoms with van der Waals surface area (Å²) in [4.78, 5) is 7.15. The minimum absolute atomic E-state index is 0.722. The number of aryl methyl sites for hydroxylation is 2. The van der Waals surface area contributed by atoms with Crippen molar-refractivity contribution in [3.63, 3.8) is 0 Å². The van der Waals surface area contributed by atoms with E-state index >= 15 is 0 Å². The maximum absolute atomic E-state index is 5.67. The van der Waals surface area contributed by atoms with Gasteiger partial charge in [0.1, 0.15) is 0 Å². The molecule has 124 valence electrons. The first-order valence-corrected chi connectivity index (χ1v) is 9.22. The number of likely N-dealkylation sites (tertiary alicyclic amines) is 1. The van der Waals surface area contributed by atoms with E-state index in [2.05, 4.69) is 28.0 Å². The molecule has 4 rings (SSSR count). The fourth-order valence-corrected chi connectivity index (χ4v) is 4.83. The first-order chi connectivity index (χ1) is 11.1. The van der Waals surface area contributed by atoms with Crippen molar-refractivity contribution < 1.29 is 0 Å². The molecular weight excluding hydrogens is 306 g/mol. The molecule has 0 aromatic carbocycles. The van der Waals surface area contributed by atoms with Gasteiger partial charge in [0.15, 0.2) is 0 Å². The van der Waals surface area contributed by atoms with Crippen LogP contribution in [0.3, 0.4) is 0 Å². The average Bonchev–Trinajstić information content (AvgIpc) is 2.84. The van der Waals surface area contributed by atoms with Crippen LogP contribution in [-0.4, -0.2) is 36.7 Å². The second-order valence-corrected chi connectivity index (χ2v) is 7.53. The molecule has 3 heterocycles. The summed E-state index contributed by atoms with van der Waals surface area (Å²) in [5.74, 6) is 1.61. The van der Waals surface area contributed by atoms with E-state index in [0.717, 1.165) is 40.6 Å². The fraction of sp³-hybridized carbons (Fsp3) is 0.706. The van der Waals surface area contributed by atoms with Crippen molar-refractivity contribution in [2.24, 2.45) is 5.92 Å². The van der Waals surface area contributed by atoms with Crippen LogP contribution in [0.2, 0.25) is 0 Å². The lowest BCUT2D eigenvalue weighted by Crippen LogP contribution is -2.47. The first-order valence-electron chi connectivity index (χ1n) is 8.81. The maximum Gasteiger partial charge on any atom is 0.254 e. The Morgan fingerprint density at radius 1 is 1.17 bits per heavy atom. The number of rotatable bonds is 2. The van der Waals surface area contributed by atoms with Gasteiger partial charge < -0.3 is 0 Å². The van der Waals surface area contributed by atoms with Crippen molar-refractivity contribution in [2.45, 2.75) is 65.1 Å². The molecule has 1 saturated carbocycles. The van der Waals surface area contributed by atoms with Gasteiger partial charge in [0.2, 0.25) is 4.77 Å². The van der Waals surface area contributed by atoms with Crippen LogP contribution in [0.5, 0.6) is 0 Å². The van der Waals surface area contributed by atoms with Gasteiger partial charge in [-0.1, -0.05) is 12.8 Å². The average molecular weight is 331 g/mol. The van der Waals surface area contributed by atoms with E-state index in [-0.39, 0.29) is 0 Å². The highest BCUT2D eigenvalue weighted by atomic mass is 32.1. The normalized spacial score (nSPS) is 25.7. The molecule has 2 fully saturated rings. The number of hydrogen-bond acceptors (Lipinski definition) is 4. The van der Waals surface area contributed by atoms with Crippen LogP contribution in [-0.2, 0) is 6.67 Å². The van der Waals surface area contributed by atoms with Crippen LogP contribution >= 0.6 is 12.2 Å². The van der Waals surface area contributed by atoms with E-state index in [1.807, 2.05) is 16.0 Å². The van der Waals surface area contributed by atoms with Gasteiger partial charge in [0.25, 0.3) is 5.78 Å². The monoisotopic (exact) mass is 331 g/mol. The highest BCUT2D eigenvalue weighted by Gasteiger charge is 2.33. The lowest BCUT2D eigenvalue weighted by atomic mass is 9.78. The van der Waals surface area contributed by atoms with E-state index in [1.165, 1.54) is 45.1 Å². The van der Waals surface area contributed by atoms with Crippen LogP contribution < -0.4 is 0 Å². The minimum atomic E-state index is 0.722. The molecule has 1 aliphatic heterocycles. The lowest BCUT2D eigenvalue weighted by Gasteiger charge is -2.43. The summed E-state index contributed by atoms with van der Waals surface area (Å²) in [6, 6.07) is 2.78. The quantitative estimate of drug-likeness (QED) is 0.790. The Labute approximate surface area is 142 Å². The zero-order chi connectivity index (χ0) is 16.0. The van der Waals surface area contributed by atoms with E-state index in [9.17, 15) is 0 Å². The third-order valence-corrected chi connectivity index (χ3v) is 5.94. The van der Waals surface area contributed by atoms with Crippen molar-refractivity contribution in [1.29, 1.82) is 0 Å². The Hall–Kier alpha value is -1.27. The first kappa shape index (κ1) is 15.3. The lowest BCUT2D eigenvalue weighted by molar-refractivity contribution is 0.0325. The molecule has 2 atom stereocenters. The van der Waals surface area contributed by atoms with Crippen molar-refractivity contribution in [3.8, 4) is 0 Å². The van der Waals surface area contributed by atoms with Crippen molar-refractivity contribution in [1.82, 2.24) is 24.1 Å². The highest BCUT2D eigenvalue weighted by Crippen LogP contribution is 2.35. The van der Waals surface area contributed by atoms with Crippen molar-refractivity contribution in [2.75, 3.05) is 6.54 Å². The molecule has 2 aliphatic rings. The number of hydrogen-bond donors (Lipinski definition) is 0. The molecule has 0 N–H and O–H groups in total. The Morgan fingerprint density at radius 2 is 1.96 bits per heavy atom. The molecule has 2 aromatic heterocycles. The molecule has 2 aromatic rings. The predicted octanol–water partition coefficient (Wildman–Crippen LogP) is 3.49. The molecule has 5 nitrogen and oxygen atoms in total. The minimum Gasteiger partial charge on any atom is -0.281 e.